The summed E-state index contributed by atoms with van der Waals surface area (Å²) < 4.78 is 0. The third-order valence-electron chi connectivity index (χ3n) is 2.27. The van der Waals surface area contributed by atoms with E-state index in [1.807, 2.05) is 0 Å². The number of carboxylic acid groups (broad SMARTS) is 1. The summed E-state index contributed by atoms with van der Waals surface area (Å²) in [5.74, 6) is -2.20. The lowest BCUT2D eigenvalue weighted by Gasteiger charge is -2.20. The fourth-order valence-corrected chi connectivity index (χ4v) is 1.38. The van der Waals surface area contributed by atoms with E-state index in [1.54, 1.807) is 0 Å². The summed E-state index contributed by atoms with van der Waals surface area (Å²) in [7, 11) is 0. The highest BCUT2D eigenvalue weighted by Gasteiger charge is 2.26. The Kier molecular flexibility index (Phi) is 4.22. The van der Waals surface area contributed by atoms with Crippen molar-refractivity contribution < 1.29 is 24.7 Å². The van der Waals surface area contributed by atoms with Crippen LogP contribution in [0.1, 0.15) is 23.8 Å². The molecule has 4 N–H and O–H groups in total. The molecule has 0 aliphatic heterocycles. The van der Waals surface area contributed by atoms with Gasteiger partial charge < -0.3 is 25.6 Å². The zero-order valence-corrected chi connectivity index (χ0v) is 10.0. The number of carboxylic acids is 1. The summed E-state index contributed by atoms with van der Waals surface area (Å²) in [6.45, 7) is 0.976. The van der Waals surface area contributed by atoms with Gasteiger partial charge in [0.25, 0.3) is 5.91 Å². The monoisotopic (exact) mass is 271 g/mol. The first-order valence-corrected chi connectivity index (χ1v) is 5.27. The highest BCUT2D eigenvalue weighted by Crippen LogP contribution is 2.11. The molecule has 1 rings (SSSR count). The Morgan fingerprint density at radius 2 is 2.16 bits per heavy atom. The van der Waals surface area contributed by atoms with Crippen molar-refractivity contribution in [3.63, 3.8) is 0 Å². The number of carbonyl (C=O) groups excluding carboxylic acids is 1. The first-order chi connectivity index (χ1) is 8.71. The van der Waals surface area contributed by atoms with Gasteiger partial charge in [0, 0.05) is 12.6 Å². The summed E-state index contributed by atoms with van der Waals surface area (Å²) in [6.07, 6.45) is -0.530. The molecule has 1 amide bonds. The van der Waals surface area contributed by atoms with E-state index >= 15 is 0 Å². The minimum Gasteiger partial charge on any atom is -0.481 e. The lowest BCUT2D eigenvalue weighted by atomic mass is 10.0. The van der Waals surface area contributed by atoms with E-state index in [-0.39, 0.29) is 18.1 Å². The molecule has 0 bridgehead atoms. The Balaban J connectivity index is 2.60. The molecular weight excluding hydrogens is 258 g/mol. The molecule has 0 aliphatic carbocycles. The maximum Gasteiger partial charge on any atom is 0.321 e. The number of H-pyrrole nitrogens is 1. The van der Waals surface area contributed by atoms with Gasteiger partial charge in [0.15, 0.2) is 5.69 Å². The van der Waals surface area contributed by atoms with Crippen LogP contribution in [0, 0.1) is 10.1 Å². The van der Waals surface area contributed by atoms with Crippen molar-refractivity contribution in [2.24, 2.45) is 0 Å². The number of aliphatic carboxylic acids is 1. The average molecular weight is 271 g/mol. The van der Waals surface area contributed by atoms with Crippen LogP contribution in [-0.2, 0) is 4.79 Å². The van der Waals surface area contributed by atoms with E-state index in [4.69, 9.17) is 5.11 Å². The normalized spacial score (nSPS) is 13.6. The molecule has 9 heteroatoms. The molecule has 1 heterocycles. The highest BCUT2D eigenvalue weighted by atomic mass is 16.6. The molecule has 9 nitrogen and oxygen atoms in total. The van der Waals surface area contributed by atoms with Crippen molar-refractivity contribution in [1.82, 2.24) is 10.3 Å². The van der Waals surface area contributed by atoms with E-state index in [1.165, 1.54) is 13.0 Å². The summed E-state index contributed by atoms with van der Waals surface area (Å²) >= 11 is 0. The van der Waals surface area contributed by atoms with E-state index in [0.717, 1.165) is 6.07 Å². The van der Waals surface area contributed by atoms with E-state index in [9.17, 15) is 24.8 Å². The minimum absolute atomic E-state index is 0.0437. The molecule has 1 atom stereocenters. The van der Waals surface area contributed by atoms with Crippen molar-refractivity contribution in [3.8, 4) is 0 Å². The molecule has 0 saturated heterocycles. The number of aromatic amines is 1. The van der Waals surface area contributed by atoms with Crippen LogP contribution in [0.3, 0.4) is 0 Å². The predicted molar refractivity (Wildman–Crippen MR) is 62.7 cm³/mol. The maximum absolute atomic E-state index is 11.6. The Labute approximate surface area is 107 Å². The Bertz CT molecular complexity index is 507. The van der Waals surface area contributed by atoms with Crippen molar-refractivity contribution in [1.29, 1.82) is 0 Å². The van der Waals surface area contributed by atoms with Crippen LogP contribution in [0.15, 0.2) is 12.1 Å². The van der Waals surface area contributed by atoms with Crippen LogP contribution in [-0.4, -0.2) is 44.1 Å². The van der Waals surface area contributed by atoms with Gasteiger partial charge in [-0.05, 0) is 17.9 Å². The fourth-order valence-electron chi connectivity index (χ4n) is 1.38. The number of carbonyl (C=O) groups is 2. The van der Waals surface area contributed by atoms with Gasteiger partial charge in [0.2, 0.25) is 0 Å². The van der Waals surface area contributed by atoms with Crippen molar-refractivity contribution in [2.45, 2.75) is 18.9 Å². The summed E-state index contributed by atoms with van der Waals surface area (Å²) in [4.78, 5) is 34.1. The number of rotatable bonds is 6. The molecule has 0 aromatic carbocycles. The van der Waals surface area contributed by atoms with Crippen LogP contribution in [0.2, 0.25) is 0 Å². The third kappa shape index (κ3) is 4.39. The largest absolute Gasteiger partial charge is 0.481 e. The fraction of sp³-hybridized carbons (Fsp3) is 0.400. The molecule has 0 fully saturated rings. The number of hydrogen-bond acceptors (Lipinski definition) is 5. The summed E-state index contributed by atoms with van der Waals surface area (Å²) in [6, 6.07) is 2.35. The number of aromatic nitrogens is 1. The van der Waals surface area contributed by atoms with Gasteiger partial charge in [0.05, 0.1) is 12.0 Å². The number of aliphatic hydroxyl groups is 1. The molecule has 1 aromatic heterocycles. The van der Waals surface area contributed by atoms with Gasteiger partial charge in [-0.3, -0.25) is 9.59 Å². The van der Waals surface area contributed by atoms with Gasteiger partial charge in [0.1, 0.15) is 0 Å². The van der Waals surface area contributed by atoms with Crippen LogP contribution >= 0.6 is 0 Å². The molecule has 1 unspecified atom stereocenters. The van der Waals surface area contributed by atoms with Crippen LogP contribution in [0.25, 0.3) is 0 Å². The predicted octanol–water partition coefficient (Wildman–Crippen LogP) is -0.122. The molecule has 0 aliphatic rings. The van der Waals surface area contributed by atoms with E-state index in [2.05, 4.69) is 10.3 Å². The van der Waals surface area contributed by atoms with E-state index < -0.39 is 28.8 Å². The number of amides is 1. The van der Waals surface area contributed by atoms with Gasteiger partial charge in [-0.1, -0.05) is 0 Å². The second-order valence-electron chi connectivity index (χ2n) is 4.26. The standard InChI is InChI=1S/C10H13N3O6/c1-10(17,4-8(14)15)5-11-9(16)6-2-3-7(12-6)13(18)19/h2-3,12,17H,4-5H2,1H3,(H,11,16)(H,14,15). The topological polar surface area (TPSA) is 146 Å². The number of hydrogen-bond donors (Lipinski definition) is 4. The maximum atomic E-state index is 11.6. The lowest BCUT2D eigenvalue weighted by molar-refractivity contribution is -0.389. The minimum atomic E-state index is -1.60. The number of nitrogens with zero attached hydrogens (tertiary/aromatic N) is 1. The van der Waals surface area contributed by atoms with Gasteiger partial charge in [-0.25, -0.2) is 4.98 Å². The summed E-state index contributed by atoms with van der Waals surface area (Å²) in [5.41, 5.74) is -1.64. The quantitative estimate of drug-likeness (QED) is 0.419. The molecule has 19 heavy (non-hydrogen) atoms. The molecule has 1 aromatic rings. The van der Waals surface area contributed by atoms with Crippen molar-refractivity contribution in [2.75, 3.05) is 6.54 Å². The second-order valence-corrected chi connectivity index (χ2v) is 4.26. The van der Waals surface area contributed by atoms with Crippen LogP contribution in [0.4, 0.5) is 5.82 Å². The van der Waals surface area contributed by atoms with Gasteiger partial charge >= 0.3 is 11.8 Å². The van der Waals surface area contributed by atoms with E-state index in [0.29, 0.717) is 0 Å². The summed E-state index contributed by atoms with van der Waals surface area (Å²) in [5, 5.41) is 30.9. The van der Waals surface area contributed by atoms with Crippen LogP contribution in [0.5, 0.6) is 0 Å². The second kappa shape index (κ2) is 5.48. The Hall–Kier alpha value is -2.42. The molecule has 0 radical (unpaired) electrons. The highest BCUT2D eigenvalue weighted by molar-refractivity contribution is 5.92. The molecule has 0 spiro atoms. The number of nitrogens with one attached hydrogen (secondary N) is 2. The zero-order valence-electron chi connectivity index (χ0n) is 10.0. The Morgan fingerprint density at radius 1 is 1.53 bits per heavy atom. The van der Waals surface area contributed by atoms with Gasteiger partial charge in [-0.2, -0.15) is 0 Å². The molecular formula is C10H13N3O6. The Morgan fingerprint density at radius 3 is 2.63 bits per heavy atom. The molecule has 0 saturated carbocycles. The zero-order chi connectivity index (χ0) is 14.6. The SMILES string of the molecule is CC(O)(CNC(=O)c1ccc([N+](=O)[O-])[nH]1)CC(=O)O. The lowest BCUT2D eigenvalue weighted by Crippen LogP contribution is -2.42. The van der Waals surface area contributed by atoms with Crippen molar-refractivity contribution in [3.05, 3.63) is 27.9 Å². The smallest absolute Gasteiger partial charge is 0.321 e. The van der Waals surface area contributed by atoms with Crippen molar-refractivity contribution >= 4 is 17.7 Å². The number of nitro groups is 1. The van der Waals surface area contributed by atoms with Crippen LogP contribution < -0.4 is 5.32 Å². The first kappa shape index (κ1) is 14.6. The molecule has 104 valence electrons. The third-order valence-corrected chi connectivity index (χ3v) is 2.27. The van der Waals surface area contributed by atoms with Gasteiger partial charge in [-0.15, -0.1) is 0 Å². The first-order valence-electron chi connectivity index (χ1n) is 5.27. The average Bonchev–Trinajstić information content (AvgIpc) is 2.73.